The van der Waals surface area contributed by atoms with Crippen LogP contribution in [-0.4, -0.2) is 11.0 Å². The zero-order valence-electron chi connectivity index (χ0n) is 12.3. The monoisotopic (exact) mass is 331 g/mol. The number of nitrogens with one attached hydrogen (secondary N) is 2. The van der Waals surface area contributed by atoms with Gasteiger partial charge in [-0.05, 0) is 36.4 Å². The predicted molar refractivity (Wildman–Crippen MR) is 85.8 cm³/mol. The Bertz CT molecular complexity index is 888. The second-order valence-electron chi connectivity index (χ2n) is 5.00. The number of pyridine rings is 1. The minimum absolute atomic E-state index is 0.305. The molecule has 0 saturated carbocycles. The molecule has 7 heteroatoms. The molecule has 3 aromatic rings. The third-order valence-electron chi connectivity index (χ3n) is 3.37. The molecule has 2 aromatic carbocycles. The summed E-state index contributed by atoms with van der Waals surface area (Å²) in [5, 5.41) is 5.49. The Morgan fingerprint density at radius 3 is 2.38 bits per heavy atom. The van der Waals surface area contributed by atoms with Gasteiger partial charge in [0.05, 0.1) is 22.5 Å². The summed E-state index contributed by atoms with van der Waals surface area (Å²) >= 11 is 0. The van der Waals surface area contributed by atoms with Crippen molar-refractivity contribution in [2.45, 2.75) is 6.18 Å². The van der Waals surface area contributed by atoms with Gasteiger partial charge in [0.25, 0.3) is 0 Å². The molecular weight excluding hydrogens is 319 g/mol. The van der Waals surface area contributed by atoms with Crippen LogP contribution >= 0.6 is 0 Å². The van der Waals surface area contributed by atoms with Gasteiger partial charge in [0.15, 0.2) is 0 Å². The van der Waals surface area contributed by atoms with Crippen molar-refractivity contribution in [1.29, 1.82) is 0 Å². The molecule has 0 unspecified atom stereocenters. The van der Waals surface area contributed by atoms with Crippen LogP contribution in [0.4, 0.5) is 29.3 Å². The summed E-state index contributed by atoms with van der Waals surface area (Å²) < 4.78 is 38.9. The maximum atomic E-state index is 13.0. The predicted octanol–water partition coefficient (Wildman–Crippen LogP) is 4.90. The van der Waals surface area contributed by atoms with Crippen LogP contribution in [0.25, 0.3) is 10.9 Å². The minimum atomic E-state index is -4.55. The van der Waals surface area contributed by atoms with Crippen LogP contribution in [0.2, 0.25) is 0 Å². The van der Waals surface area contributed by atoms with Crippen LogP contribution in [0.1, 0.15) is 5.56 Å². The number of carbonyl (C=O) groups is 1. The first-order valence-electron chi connectivity index (χ1n) is 7.03. The number of nitrogens with zero attached hydrogens (tertiary/aromatic N) is 1. The highest BCUT2D eigenvalue weighted by Crippen LogP contribution is 2.34. The van der Waals surface area contributed by atoms with E-state index in [-0.39, 0.29) is 5.69 Å². The van der Waals surface area contributed by atoms with Crippen LogP contribution in [-0.2, 0) is 6.18 Å². The van der Waals surface area contributed by atoms with E-state index in [1.807, 2.05) is 0 Å². The second kappa shape index (κ2) is 6.19. The number of anilines is 2. The third kappa shape index (κ3) is 3.29. The summed E-state index contributed by atoms with van der Waals surface area (Å²) in [4.78, 5) is 16.3. The van der Waals surface area contributed by atoms with Crippen molar-refractivity contribution in [3.05, 3.63) is 66.4 Å². The van der Waals surface area contributed by atoms with Gasteiger partial charge in [0.2, 0.25) is 0 Å². The maximum absolute atomic E-state index is 13.0. The van der Waals surface area contributed by atoms with E-state index in [0.717, 1.165) is 6.07 Å². The SMILES string of the molecule is O=C(Nc1ccccc1C(F)(F)F)Nc1cccc2ncccc12. The molecular formula is C17H12F3N3O. The number of alkyl halides is 3. The van der Waals surface area contributed by atoms with E-state index in [9.17, 15) is 18.0 Å². The van der Waals surface area contributed by atoms with Crippen molar-refractivity contribution < 1.29 is 18.0 Å². The number of rotatable bonds is 2. The molecule has 1 aromatic heterocycles. The standard InChI is InChI=1S/C17H12F3N3O/c18-17(19,20)12-6-1-2-7-15(12)23-16(24)22-14-9-3-8-13-11(14)5-4-10-21-13/h1-10H,(H2,22,23,24). The van der Waals surface area contributed by atoms with E-state index in [1.54, 1.807) is 36.5 Å². The van der Waals surface area contributed by atoms with E-state index in [4.69, 9.17) is 0 Å². The van der Waals surface area contributed by atoms with Gasteiger partial charge in [-0.2, -0.15) is 13.2 Å². The lowest BCUT2D eigenvalue weighted by molar-refractivity contribution is -0.136. The first-order valence-corrected chi connectivity index (χ1v) is 7.03. The summed E-state index contributed by atoms with van der Waals surface area (Å²) in [5.41, 5.74) is -0.0748. The molecule has 0 saturated heterocycles. The van der Waals surface area contributed by atoms with Gasteiger partial charge in [0, 0.05) is 11.6 Å². The normalized spacial score (nSPS) is 11.3. The highest BCUT2D eigenvalue weighted by Gasteiger charge is 2.33. The number of para-hydroxylation sites is 1. The van der Waals surface area contributed by atoms with Gasteiger partial charge >= 0.3 is 12.2 Å². The lowest BCUT2D eigenvalue weighted by Crippen LogP contribution is -2.22. The number of benzene rings is 2. The van der Waals surface area contributed by atoms with Crippen LogP contribution in [0.5, 0.6) is 0 Å². The lowest BCUT2D eigenvalue weighted by atomic mass is 10.1. The molecule has 0 spiro atoms. The van der Waals surface area contributed by atoms with E-state index >= 15 is 0 Å². The fourth-order valence-electron chi connectivity index (χ4n) is 2.33. The topological polar surface area (TPSA) is 54.0 Å². The van der Waals surface area contributed by atoms with Crippen molar-refractivity contribution in [3.63, 3.8) is 0 Å². The average molecular weight is 331 g/mol. The van der Waals surface area contributed by atoms with Crippen LogP contribution in [0.15, 0.2) is 60.8 Å². The molecule has 2 N–H and O–H groups in total. The van der Waals surface area contributed by atoms with Gasteiger partial charge < -0.3 is 10.6 Å². The van der Waals surface area contributed by atoms with E-state index in [1.165, 1.54) is 18.2 Å². The number of amides is 2. The van der Waals surface area contributed by atoms with Gasteiger partial charge in [-0.1, -0.05) is 18.2 Å². The largest absolute Gasteiger partial charge is 0.418 e. The molecule has 0 aliphatic carbocycles. The zero-order chi connectivity index (χ0) is 17.2. The Labute approximate surface area is 135 Å². The molecule has 0 radical (unpaired) electrons. The second-order valence-corrected chi connectivity index (χ2v) is 5.00. The highest BCUT2D eigenvalue weighted by molar-refractivity contribution is 6.05. The summed E-state index contributed by atoms with van der Waals surface area (Å²) in [6, 6.07) is 12.7. The maximum Gasteiger partial charge on any atom is 0.418 e. The minimum Gasteiger partial charge on any atom is -0.307 e. The van der Waals surface area contributed by atoms with Crippen LogP contribution in [0.3, 0.4) is 0 Å². The number of hydrogen-bond acceptors (Lipinski definition) is 2. The molecule has 0 bridgehead atoms. The summed E-state index contributed by atoms with van der Waals surface area (Å²) in [5.74, 6) is 0. The number of fused-ring (bicyclic) bond motifs is 1. The van der Waals surface area contributed by atoms with Crippen LogP contribution in [0, 0.1) is 0 Å². The summed E-state index contributed by atoms with van der Waals surface area (Å²) in [6.07, 6.45) is -2.93. The molecule has 3 rings (SSSR count). The number of urea groups is 1. The molecule has 4 nitrogen and oxygen atoms in total. The van der Waals surface area contributed by atoms with Gasteiger partial charge in [-0.15, -0.1) is 0 Å². The first kappa shape index (κ1) is 15.8. The van der Waals surface area contributed by atoms with Gasteiger partial charge in [-0.25, -0.2) is 4.79 Å². The summed E-state index contributed by atoms with van der Waals surface area (Å²) in [7, 11) is 0. The smallest absolute Gasteiger partial charge is 0.307 e. The Morgan fingerprint density at radius 1 is 0.875 bits per heavy atom. The molecule has 122 valence electrons. The fraction of sp³-hybridized carbons (Fsp3) is 0.0588. The third-order valence-corrected chi connectivity index (χ3v) is 3.37. The van der Waals surface area contributed by atoms with E-state index < -0.39 is 17.8 Å². The molecule has 24 heavy (non-hydrogen) atoms. The molecule has 0 fully saturated rings. The fourth-order valence-corrected chi connectivity index (χ4v) is 2.33. The van der Waals surface area contributed by atoms with Gasteiger partial charge in [0.1, 0.15) is 0 Å². The van der Waals surface area contributed by atoms with Crippen LogP contribution < -0.4 is 10.6 Å². The molecule has 0 aliphatic rings. The van der Waals surface area contributed by atoms with Crippen molar-refractivity contribution in [2.75, 3.05) is 10.6 Å². The van der Waals surface area contributed by atoms with Crippen molar-refractivity contribution >= 4 is 28.3 Å². The van der Waals surface area contributed by atoms with Gasteiger partial charge in [-0.3, -0.25) is 4.98 Å². The Kier molecular flexibility index (Phi) is 4.07. The highest BCUT2D eigenvalue weighted by atomic mass is 19.4. The Morgan fingerprint density at radius 2 is 1.58 bits per heavy atom. The molecule has 1 heterocycles. The molecule has 2 amide bonds. The Balaban J connectivity index is 1.84. The number of aromatic nitrogens is 1. The quantitative estimate of drug-likeness (QED) is 0.702. The number of hydrogen-bond donors (Lipinski definition) is 2. The molecule has 0 atom stereocenters. The van der Waals surface area contributed by atoms with E-state index in [2.05, 4.69) is 15.6 Å². The average Bonchev–Trinajstić information content (AvgIpc) is 2.54. The number of carbonyl (C=O) groups excluding carboxylic acids is 1. The first-order chi connectivity index (χ1) is 11.4. The van der Waals surface area contributed by atoms with Crippen molar-refractivity contribution in [2.24, 2.45) is 0 Å². The number of halogens is 3. The Hall–Kier alpha value is -3.09. The zero-order valence-corrected chi connectivity index (χ0v) is 12.3. The van der Waals surface area contributed by atoms with Crippen molar-refractivity contribution in [1.82, 2.24) is 4.98 Å². The van der Waals surface area contributed by atoms with E-state index in [0.29, 0.717) is 16.6 Å². The summed E-state index contributed by atoms with van der Waals surface area (Å²) in [6.45, 7) is 0. The molecule has 0 aliphatic heterocycles. The van der Waals surface area contributed by atoms with Crippen molar-refractivity contribution in [3.8, 4) is 0 Å². The lowest BCUT2D eigenvalue weighted by Gasteiger charge is -2.14.